The molecule has 6 nitrogen and oxygen atoms in total. The lowest BCUT2D eigenvalue weighted by atomic mass is 10.0. The van der Waals surface area contributed by atoms with E-state index in [-0.39, 0.29) is 11.3 Å². The molecule has 0 aromatic carbocycles. The zero-order chi connectivity index (χ0) is 13.5. The minimum absolute atomic E-state index is 0.142. The highest BCUT2D eigenvalue weighted by atomic mass is 35.5. The fourth-order valence-electron chi connectivity index (χ4n) is 1.87. The van der Waals surface area contributed by atoms with Crippen LogP contribution in [0.4, 0.5) is 5.95 Å². The Morgan fingerprint density at radius 3 is 3.05 bits per heavy atom. The summed E-state index contributed by atoms with van der Waals surface area (Å²) in [6.07, 6.45) is 3.16. The van der Waals surface area contributed by atoms with Crippen LogP contribution in [-0.4, -0.2) is 41.3 Å². The van der Waals surface area contributed by atoms with E-state index in [0.717, 1.165) is 39.0 Å². The van der Waals surface area contributed by atoms with Crippen molar-refractivity contribution in [2.24, 2.45) is 5.92 Å². The first-order valence-electron chi connectivity index (χ1n) is 6.64. The third-order valence-corrected chi connectivity index (χ3v) is 3.00. The van der Waals surface area contributed by atoms with Gasteiger partial charge in [-0.25, -0.2) is 0 Å². The molecule has 0 bridgehead atoms. The number of aromatic nitrogens is 3. The summed E-state index contributed by atoms with van der Waals surface area (Å²) >= 11 is 5.84. The van der Waals surface area contributed by atoms with Crippen molar-refractivity contribution in [3.05, 3.63) is 5.28 Å². The Labute approximate surface area is 117 Å². The van der Waals surface area contributed by atoms with Crippen LogP contribution in [0, 0.1) is 5.92 Å². The van der Waals surface area contributed by atoms with Gasteiger partial charge < -0.3 is 14.8 Å². The normalized spacial score (nSPS) is 19.2. The predicted molar refractivity (Wildman–Crippen MR) is 72.7 cm³/mol. The van der Waals surface area contributed by atoms with E-state index < -0.39 is 0 Å². The molecule has 1 aliphatic heterocycles. The summed E-state index contributed by atoms with van der Waals surface area (Å²) in [7, 11) is 0. The summed E-state index contributed by atoms with van der Waals surface area (Å²) in [5.41, 5.74) is 0. The summed E-state index contributed by atoms with van der Waals surface area (Å²) in [5, 5.41) is 3.31. The first-order valence-corrected chi connectivity index (χ1v) is 7.01. The minimum atomic E-state index is 0.142. The molecule has 2 rings (SSSR count). The number of hydrogen-bond acceptors (Lipinski definition) is 6. The zero-order valence-electron chi connectivity index (χ0n) is 11.1. The van der Waals surface area contributed by atoms with Crippen molar-refractivity contribution in [3.8, 4) is 6.01 Å². The Morgan fingerprint density at radius 1 is 1.42 bits per heavy atom. The molecule has 1 saturated heterocycles. The maximum absolute atomic E-state index is 5.84. The van der Waals surface area contributed by atoms with Crippen molar-refractivity contribution in [2.75, 3.05) is 31.7 Å². The number of ether oxygens (including phenoxy) is 2. The van der Waals surface area contributed by atoms with Gasteiger partial charge in [-0.1, -0.05) is 6.92 Å². The molecule has 0 amide bonds. The first-order chi connectivity index (χ1) is 9.28. The average molecular weight is 287 g/mol. The Kier molecular flexibility index (Phi) is 5.60. The molecule has 0 aliphatic carbocycles. The van der Waals surface area contributed by atoms with E-state index in [1.54, 1.807) is 0 Å². The standard InChI is InChI=1S/C12H19ClN4O2/c1-2-5-19-12-16-10(13)15-11(17-12)14-7-9-4-3-6-18-8-9/h9H,2-8H2,1H3,(H,14,15,16,17). The number of nitrogens with zero attached hydrogens (tertiary/aromatic N) is 3. The molecule has 7 heteroatoms. The summed E-state index contributed by atoms with van der Waals surface area (Å²) in [5.74, 6) is 0.945. The van der Waals surface area contributed by atoms with Gasteiger partial charge in [0, 0.05) is 13.2 Å². The lowest BCUT2D eigenvalue weighted by molar-refractivity contribution is 0.0594. The Morgan fingerprint density at radius 2 is 2.32 bits per heavy atom. The highest BCUT2D eigenvalue weighted by Gasteiger charge is 2.14. The SMILES string of the molecule is CCCOc1nc(Cl)nc(NCC2CCCOC2)n1. The summed E-state index contributed by atoms with van der Waals surface area (Å²) in [6, 6.07) is 0.268. The maximum atomic E-state index is 5.84. The second-order valence-electron chi connectivity index (χ2n) is 4.52. The van der Waals surface area contributed by atoms with Crippen LogP contribution >= 0.6 is 11.6 Å². The molecule has 1 atom stereocenters. The molecule has 2 heterocycles. The van der Waals surface area contributed by atoms with E-state index in [4.69, 9.17) is 21.1 Å². The molecule has 0 radical (unpaired) electrons. The van der Waals surface area contributed by atoms with E-state index in [0.29, 0.717) is 18.5 Å². The van der Waals surface area contributed by atoms with Crippen LogP contribution in [0.5, 0.6) is 6.01 Å². The van der Waals surface area contributed by atoms with Crippen LogP contribution in [0.2, 0.25) is 5.28 Å². The highest BCUT2D eigenvalue weighted by molar-refractivity contribution is 6.28. The van der Waals surface area contributed by atoms with Crippen LogP contribution in [-0.2, 0) is 4.74 Å². The number of halogens is 1. The van der Waals surface area contributed by atoms with Gasteiger partial charge in [-0.2, -0.15) is 15.0 Å². The molecule has 106 valence electrons. The van der Waals surface area contributed by atoms with E-state index in [2.05, 4.69) is 20.3 Å². The second kappa shape index (κ2) is 7.45. The van der Waals surface area contributed by atoms with Crippen molar-refractivity contribution < 1.29 is 9.47 Å². The van der Waals surface area contributed by atoms with E-state index in [9.17, 15) is 0 Å². The molecular weight excluding hydrogens is 268 g/mol. The molecule has 1 fully saturated rings. The van der Waals surface area contributed by atoms with Crippen LogP contribution < -0.4 is 10.1 Å². The van der Waals surface area contributed by atoms with Crippen molar-refractivity contribution in [2.45, 2.75) is 26.2 Å². The molecule has 1 aromatic rings. The summed E-state index contributed by atoms with van der Waals surface area (Å²) in [6.45, 7) is 5.00. The van der Waals surface area contributed by atoms with E-state index >= 15 is 0 Å². The van der Waals surface area contributed by atoms with Gasteiger partial charge in [-0.3, -0.25) is 0 Å². The predicted octanol–water partition coefficient (Wildman–Crippen LogP) is 2.15. The highest BCUT2D eigenvalue weighted by Crippen LogP contribution is 2.15. The lowest BCUT2D eigenvalue weighted by Gasteiger charge is -2.22. The Balaban J connectivity index is 1.89. The lowest BCUT2D eigenvalue weighted by Crippen LogP contribution is -2.25. The van der Waals surface area contributed by atoms with Gasteiger partial charge in [-0.15, -0.1) is 0 Å². The minimum Gasteiger partial charge on any atom is -0.463 e. The molecule has 1 unspecified atom stereocenters. The summed E-state index contributed by atoms with van der Waals surface area (Å²) < 4.78 is 10.8. The van der Waals surface area contributed by atoms with Crippen LogP contribution in [0.1, 0.15) is 26.2 Å². The smallest absolute Gasteiger partial charge is 0.322 e. The number of hydrogen-bond donors (Lipinski definition) is 1. The van der Waals surface area contributed by atoms with Crippen LogP contribution in [0.3, 0.4) is 0 Å². The van der Waals surface area contributed by atoms with Crippen molar-refractivity contribution >= 4 is 17.5 Å². The fraction of sp³-hybridized carbons (Fsp3) is 0.750. The molecular formula is C12H19ClN4O2. The summed E-state index contributed by atoms with van der Waals surface area (Å²) in [4.78, 5) is 12.1. The monoisotopic (exact) mass is 286 g/mol. The van der Waals surface area contributed by atoms with Gasteiger partial charge in [0.25, 0.3) is 0 Å². The van der Waals surface area contributed by atoms with Gasteiger partial charge in [0.2, 0.25) is 11.2 Å². The third kappa shape index (κ3) is 4.80. The quantitative estimate of drug-likeness (QED) is 0.864. The van der Waals surface area contributed by atoms with Crippen LogP contribution in [0.15, 0.2) is 0 Å². The molecule has 1 aromatic heterocycles. The molecule has 1 aliphatic rings. The largest absolute Gasteiger partial charge is 0.463 e. The zero-order valence-corrected chi connectivity index (χ0v) is 11.8. The van der Waals surface area contributed by atoms with Crippen molar-refractivity contribution in [3.63, 3.8) is 0 Å². The number of anilines is 1. The maximum Gasteiger partial charge on any atom is 0.322 e. The van der Waals surface area contributed by atoms with Crippen LogP contribution in [0.25, 0.3) is 0 Å². The first kappa shape index (κ1) is 14.3. The van der Waals surface area contributed by atoms with Gasteiger partial charge in [0.15, 0.2) is 0 Å². The van der Waals surface area contributed by atoms with Gasteiger partial charge in [0.1, 0.15) is 0 Å². The van der Waals surface area contributed by atoms with E-state index in [1.165, 1.54) is 0 Å². The molecule has 19 heavy (non-hydrogen) atoms. The van der Waals surface area contributed by atoms with Crippen molar-refractivity contribution in [1.82, 2.24) is 15.0 Å². The van der Waals surface area contributed by atoms with Gasteiger partial charge >= 0.3 is 6.01 Å². The Bertz CT molecular complexity index is 399. The second-order valence-corrected chi connectivity index (χ2v) is 4.86. The number of rotatable bonds is 6. The van der Waals surface area contributed by atoms with Crippen molar-refractivity contribution in [1.29, 1.82) is 0 Å². The number of nitrogens with one attached hydrogen (secondary N) is 1. The fourth-order valence-corrected chi connectivity index (χ4v) is 2.03. The topological polar surface area (TPSA) is 69.2 Å². The molecule has 0 saturated carbocycles. The molecule has 0 spiro atoms. The van der Waals surface area contributed by atoms with Gasteiger partial charge in [-0.05, 0) is 36.8 Å². The molecule has 1 N–H and O–H groups in total. The Hall–Kier alpha value is -1.14. The third-order valence-electron chi connectivity index (χ3n) is 2.83. The van der Waals surface area contributed by atoms with Gasteiger partial charge in [0.05, 0.1) is 13.2 Å². The average Bonchev–Trinajstić information content (AvgIpc) is 2.43. The van der Waals surface area contributed by atoms with E-state index in [1.807, 2.05) is 6.92 Å².